The first-order valence-electron chi connectivity index (χ1n) is 3.70. The van der Waals surface area contributed by atoms with Crippen LogP contribution in [0.15, 0.2) is 12.1 Å². The molecule has 0 spiro atoms. The van der Waals surface area contributed by atoms with E-state index in [2.05, 4.69) is 4.98 Å². The Morgan fingerprint density at radius 2 is 2.21 bits per heavy atom. The summed E-state index contributed by atoms with van der Waals surface area (Å²) in [7, 11) is 0. The number of hydrogen-bond acceptors (Lipinski definition) is 3. The predicted octanol–water partition coefficient (Wildman–Crippen LogP) is 2.71. The molecule has 0 unspecified atom stereocenters. The van der Waals surface area contributed by atoms with Gasteiger partial charge < -0.3 is 5.11 Å². The third kappa shape index (κ3) is 3.74. The summed E-state index contributed by atoms with van der Waals surface area (Å²) in [4.78, 5) is 14.2. The quantitative estimate of drug-likeness (QED) is 0.837. The molecular formula is C8H7Cl2NO2S. The van der Waals surface area contributed by atoms with Crippen LogP contribution in [0.4, 0.5) is 0 Å². The van der Waals surface area contributed by atoms with Gasteiger partial charge in [0.1, 0.15) is 5.15 Å². The van der Waals surface area contributed by atoms with Crippen molar-refractivity contribution in [3.63, 3.8) is 0 Å². The summed E-state index contributed by atoms with van der Waals surface area (Å²) in [5.41, 5.74) is 0.616. The van der Waals surface area contributed by atoms with E-state index in [0.29, 0.717) is 21.6 Å². The van der Waals surface area contributed by atoms with E-state index < -0.39 is 5.97 Å². The lowest BCUT2D eigenvalue weighted by molar-refractivity contribution is -0.133. The van der Waals surface area contributed by atoms with E-state index in [0.717, 1.165) is 0 Å². The van der Waals surface area contributed by atoms with Crippen LogP contribution in [-0.4, -0.2) is 21.8 Å². The minimum atomic E-state index is -0.854. The van der Waals surface area contributed by atoms with Crippen molar-refractivity contribution < 1.29 is 9.90 Å². The van der Waals surface area contributed by atoms with Crippen LogP contribution in [0, 0.1) is 0 Å². The highest BCUT2D eigenvalue weighted by Crippen LogP contribution is 2.21. The van der Waals surface area contributed by atoms with Crippen molar-refractivity contribution in [2.45, 2.75) is 5.75 Å². The van der Waals surface area contributed by atoms with Crippen molar-refractivity contribution in [1.82, 2.24) is 4.98 Å². The SMILES string of the molecule is O=C(O)CSCc1nc(Cl)ccc1Cl. The van der Waals surface area contributed by atoms with Gasteiger partial charge in [-0.2, -0.15) is 0 Å². The fourth-order valence-corrected chi connectivity index (χ4v) is 1.90. The number of carbonyl (C=O) groups is 1. The second-order valence-electron chi connectivity index (χ2n) is 2.45. The number of halogens is 2. The van der Waals surface area contributed by atoms with Crippen molar-refractivity contribution in [3.8, 4) is 0 Å². The molecule has 0 fully saturated rings. The highest BCUT2D eigenvalue weighted by Gasteiger charge is 2.04. The third-order valence-corrected chi connectivity index (χ3v) is 2.83. The molecule has 0 aliphatic carbocycles. The molecule has 0 aliphatic rings. The van der Waals surface area contributed by atoms with Gasteiger partial charge in [0.2, 0.25) is 0 Å². The Hall–Kier alpha value is -0.450. The first kappa shape index (κ1) is 11.6. The van der Waals surface area contributed by atoms with Crippen molar-refractivity contribution in [2.75, 3.05) is 5.75 Å². The largest absolute Gasteiger partial charge is 0.481 e. The number of aromatic nitrogens is 1. The van der Waals surface area contributed by atoms with Crippen LogP contribution >= 0.6 is 35.0 Å². The predicted molar refractivity (Wildman–Crippen MR) is 58.1 cm³/mol. The monoisotopic (exact) mass is 251 g/mol. The van der Waals surface area contributed by atoms with E-state index in [1.54, 1.807) is 12.1 Å². The molecule has 1 aromatic rings. The second-order valence-corrected chi connectivity index (χ2v) is 4.23. The summed E-state index contributed by atoms with van der Waals surface area (Å²) in [5, 5.41) is 9.28. The highest BCUT2D eigenvalue weighted by molar-refractivity contribution is 7.99. The van der Waals surface area contributed by atoms with Crippen LogP contribution in [0.25, 0.3) is 0 Å². The molecule has 0 aliphatic heterocycles. The van der Waals surface area contributed by atoms with Gasteiger partial charge in [-0.3, -0.25) is 4.79 Å². The molecular weight excluding hydrogens is 245 g/mol. The van der Waals surface area contributed by atoms with Crippen LogP contribution in [0.2, 0.25) is 10.2 Å². The minimum absolute atomic E-state index is 0.0323. The average molecular weight is 252 g/mol. The Kier molecular flexibility index (Phi) is 4.51. The lowest BCUT2D eigenvalue weighted by Crippen LogP contribution is -1.99. The molecule has 0 radical (unpaired) electrons. The molecule has 1 N–H and O–H groups in total. The number of aliphatic carboxylic acids is 1. The maximum atomic E-state index is 10.2. The lowest BCUT2D eigenvalue weighted by Gasteiger charge is -2.01. The van der Waals surface area contributed by atoms with Crippen LogP contribution in [0.5, 0.6) is 0 Å². The van der Waals surface area contributed by atoms with Crippen molar-refractivity contribution in [1.29, 1.82) is 0 Å². The number of nitrogens with zero attached hydrogens (tertiary/aromatic N) is 1. The summed E-state index contributed by atoms with van der Waals surface area (Å²) in [6.45, 7) is 0. The summed E-state index contributed by atoms with van der Waals surface area (Å²) in [6.07, 6.45) is 0. The minimum Gasteiger partial charge on any atom is -0.481 e. The maximum absolute atomic E-state index is 10.2. The van der Waals surface area contributed by atoms with Crippen LogP contribution in [0.1, 0.15) is 5.69 Å². The smallest absolute Gasteiger partial charge is 0.313 e. The molecule has 1 aromatic heterocycles. The maximum Gasteiger partial charge on any atom is 0.313 e. The first-order valence-corrected chi connectivity index (χ1v) is 5.61. The lowest BCUT2D eigenvalue weighted by atomic mass is 10.4. The Bertz CT molecular complexity index is 346. The topological polar surface area (TPSA) is 50.2 Å². The van der Waals surface area contributed by atoms with E-state index in [-0.39, 0.29) is 5.75 Å². The van der Waals surface area contributed by atoms with Crippen LogP contribution in [-0.2, 0) is 10.5 Å². The number of carboxylic acids is 1. The van der Waals surface area contributed by atoms with Crippen molar-refractivity contribution >= 4 is 40.9 Å². The standard InChI is InChI=1S/C8H7Cl2NO2S/c9-5-1-2-7(10)11-6(5)3-14-4-8(12)13/h1-2H,3-4H2,(H,12,13). The zero-order valence-electron chi connectivity index (χ0n) is 7.04. The molecule has 0 saturated carbocycles. The van der Waals surface area contributed by atoms with E-state index in [9.17, 15) is 4.79 Å². The summed E-state index contributed by atoms with van der Waals surface area (Å²) in [5.74, 6) is -0.371. The van der Waals surface area contributed by atoms with Gasteiger partial charge >= 0.3 is 5.97 Å². The molecule has 0 saturated heterocycles. The number of rotatable bonds is 4. The van der Waals surface area contributed by atoms with E-state index in [4.69, 9.17) is 28.3 Å². The Morgan fingerprint density at radius 1 is 1.50 bits per heavy atom. The summed E-state index contributed by atoms with van der Waals surface area (Å²) >= 11 is 12.7. The van der Waals surface area contributed by atoms with E-state index in [1.165, 1.54) is 11.8 Å². The van der Waals surface area contributed by atoms with E-state index in [1.807, 2.05) is 0 Å². The van der Waals surface area contributed by atoms with Crippen molar-refractivity contribution in [3.05, 3.63) is 28.0 Å². The zero-order valence-corrected chi connectivity index (χ0v) is 9.36. The van der Waals surface area contributed by atoms with Gasteiger partial charge in [-0.15, -0.1) is 11.8 Å². The van der Waals surface area contributed by atoms with Gasteiger partial charge in [0.25, 0.3) is 0 Å². The van der Waals surface area contributed by atoms with Crippen molar-refractivity contribution in [2.24, 2.45) is 0 Å². The fourth-order valence-electron chi connectivity index (χ4n) is 0.794. The van der Waals surface area contributed by atoms with Gasteiger partial charge in [0, 0.05) is 5.75 Å². The summed E-state index contributed by atoms with van der Waals surface area (Å²) < 4.78 is 0. The Morgan fingerprint density at radius 3 is 2.86 bits per heavy atom. The molecule has 3 nitrogen and oxygen atoms in total. The van der Waals surface area contributed by atoms with Crippen LogP contribution in [0.3, 0.4) is 0 Å². The first-order chi connectivity index (χ1) is 6.59. The number of pyridine rings is 1. The summed E-state index contributed by atoms with van der Waals surface area (Å²) in [6, 6.07) is 3.24. The Balaban J connectivity index is 2.57. The molecule has 6 heteroatoms. The fraction of sp³-hybridized carbons (Fsp3) is 0.250. The molecule has 0 bridgehead atoms. The molecule has 0 amide bonds. The Labute approximate surface area is 95.4 Å². The second kappa shape index (κ2) is 5.44. The molecule has 1 heterocycles. The number of thioether (sulfide) groups is 1. The van der Waals surface area contributed by atoms with Gasteiger partial charge in [0.15, 0.2) is 0 Å². The number of hydrogen-bond donors (Lipinski definition) is 1. The van der Waals surface area contributed by atoms with Crippen LogP contribution < -0.4 is 0 Å². The zero-order chi connectivity index (χ0) is 10.6. The molecule has 14 heavy (non-hydrogen) atoms. The van der Waals surface area contributed by atoms with Gasteiger partial charge in [-0.1, -0.05) is 23.2 Å². The van der Waals surface area contributed by atoms with Gasteiger partial charge in [-0.05, 0) is 12.1 Å². The normalized spacial score (nSPS) is 10.1. The molecule has 1 rings (SSSR count). The van der Waals surface area contributed by atoms with E-state index >= 15 is 0 Å². The van der Waals surface area contributed by atoms with Gasteiger partial charge in [0.05, 0.1) is 16.5 Å². The molecule has 0 aromatic carbocycles. The molecule has 76 valence electrons. The third-order valence-electron chi connectivity index (χ3n) is 1.35. The highest BCUT2D eigenvalue weighted by atomic mass is 35.5. The van der Waals surface area contributed by atoms with Gasteiger partial charge in [-0.25, -0.2) is 4.98 Å². The number of carboxylic acid groups (broad SMARTS) is 1. The average Bonchev–Trinajstić information content (AvgIpc) is 2.10. The molecule has 0 atom stereocenters.